The van der Waals surface area contributed by atoms with Gasteiger partial charge in [-0.05, 0) is 23.8 Å². The van der Waals surface area contributed by atoms with Gasteiger partial charge in [0, 0.05) is 16.1 Å². The van der Waals surface area contributed by atoms with E-state index < -0.39 is 0 Å². The molecule has 2 N–H and O–H groups in total. The number of nitrogen functional groups attached to an aromatic ring is 1. The third-order valence-electron chi connectivity index (χ3n) is 3.21. The van der Waals surface area contributed by atoms with Gasteiger partial charge in [0.25, 0.3) is 0 Å². The molecule has 5 heteroatoms. The van der Waals surface area contributed by atoms with Gasteiger partial charge in [0.15, 0.2) is 0 Å². The molecule has 0 spiro atoms. The van der Waals surface area contributed by atoms with Crippen molar-refractivity contribution in [3.8, 4) is 11.3 Å². The Kier molecular flexibility index (Phi) is 3.75. The number of benzene rings is 2. The fourth-order valence-corrected chi connectivity index (χ4v) is 2.54. The van der Waals surface area contributed by atoms with Gasteiger partial charge in [-0.3, -0.25) is 0 Å². The molecular formula is C16H13BrFN3. The Labute approximate surface area is 130 Å². The Bertz CT molecular complexity index is 783. The van der Waals surface area contributed by atoms with Gasteiger partial charge in [-0.1, -0.05) is 46.3 Å². The summed E-state index contributed by atoms with van der Waals surface area (Å²) in [5.74, 6) is 0.261. The molecule has 0 radical (unpaired) electrons. The van der Waals surface area contributed by atoms with E-state index in [1.807, 2.05) is 30.3 Å². The van der Waals surface area contributed by atoms with Gasteiger partial charge in [0.2, 0.25) is 0 Å². The number of halogens is 2. The maximum atomic E-state index is 13.3. The molecule has 1 aromatic heterocycles. The lowest BCUT2D eigenvalue weighted by Gasteiger charge is -2.06. The predicted octanol–water partition coefficient (Wildman–Crippen LogP) is 4.08. The predicted molar refractivity (Wildman–Crippen MR) is 85.3 cm³/mol. The highest BCUT2D eigenvalue weighted by molar-refractivity contribution is 9.10. The molecule has 3 nitrogen and oxygen atoms in total. The molecule has 3 aromatic rings. The Hall–Kier alpha value is -2.14. The monoisotopic (exact) mass is 345 g/mol. The van der Waals surface area contributed by atoms with Crippen LogP contribution in [0.5, 0.6) is 0 Å². The molecule has 0 atom stereocenters. The smallest absolute Gasteiger partial charge is 0.123 e. The molecule has 0 aliphatic rings. The topological polar surface area (TPSA) is 43.8 Å². The van der Waals surface area contributed by atoms with Gasteiger partial charge >= 0.3 is 0 Å². The zero-order valence-electron chi connectivity index (χ0n) is 11.1. The van der Waals surface area contributed by atoms with Crippen LogP contribution in [0.1, 0.15) is 5.56 Å². The molecule has 0 unspecified atom stereocenters. The number of rotatable bonds is 3. The van der Waals surface area contributed by atoms with E-state index in [1.165, 1.54) is 12.1 Å². The molecule has 0 bridgehead atoms. The average molecular weight is 346 g/mol. The van der Waals surface area contributed by atoms with Crippen LogP contribution in [0.4, 0.5) is 10.2 Å². The van der Waals surface area contributed by atoms with Crippen molar-refractivity contribution < 1.29 is 4.39 Å². The van der Waals surface area contributed by atoms with Crippen molar-refractivity contribution >= 4 is 21.7 Å². The Morgan fingerprint density at radius 2 is 1.90 bits per heavy atom. The van der Waals surface area contributed by atoms with Gasteiger partial charge < -0.3 is 5.73 Å². The van der Waals surface area contributed by atoms with Crippen molar-refractivity contribution in [3.05, 3.63) is 70.5 Å². The number of hydrogen-bond donors (Lipinski definition) is 1. The minimum atomic E-state index is -0.286. The van der Waals surface area contributed by atoms with Crippen molar-refractivity contribution in [1.29, 1.82) is 0 Å². The summed E-state index contributed by atoms with van der Waals surface area (Å²) >= 11 is 3.51. The summed E-state index contributed by atoms with van der Waals surface area (Å²) < 4.78 is 16.0. The lowest BCUT2D eigenvalue weighted by atomic mass is 10.1. The zero-order valence-corrected chi connectivity index (χ0v) is 12.7. The minimum Gasteiger partial charge on any atom is -0.384 e. The largest absolute Gasteiger partial charge is 0.384 e. The third-order valence-corrected chi connectivity index (χ3v) is 3.98. The van der Waals surface area contributed by atoms with Crippen LogP contribution in [0, 0.1) is 5.82 Å². The summed E-state index contributed by atoms with van der Waals surface area (Å²) in [4.78, 5) is 0. The molecule has 0 aliphatic carbocycles. The molecular weight excluding hydrogens is 333 g/mol. The number of nitrogens with zero attached hydrogens (tertiary/aromatic N) is 2. The number of aromatic nitrogens is 2. The second-order valence-electron chi connectivity index (χ2n) is 4.71. The summed E-state index contributed by atoms with van der Waals surface area (Å²) in [6, 6.07) is 16.0. The van der Waals surface area contributed by atoms with Crippen molar-refractivity contribution in [2.45, 2.75) is 6.54 Å². The highest BCUT2D eigenvalue weighted by Crippen LogP contribution is 2.23. The summed E-state index contributed by atoms with van der Waals surface area (Å²) in [6.07, 6.45) is 0. The summed E-state index contributed by atoms with van der Waals surface area (Å²) in [5.41, 5.74) is 8.47. The summed E-state index contributed by atoms with van der Waals surface area (Å²) in [7, 11) is 0. The zero-order chi connectivity index (χ0) is 14.8. The first-order valence-corrected chi connectivity index (χ1v) is 7.25. The average Bonchev–Trinajstić information content (AvgIpc) is 2.83. The van der Waals surface area contributed by atoms with E-state index in [0.29, 0.717) is 23.6 Å². The Balaban J connectivity index is 1.93. The SMILES string of the molecule is Nc1cc(-c2cccc(F)c2)nn1Cc1ccccc1Br. The standard InChI is InChI=1S/C16H13BrFN3/c17-14-7-2-1-4-12(14)10-21-16(19)9-15(20-21)11-5-3-6-13(18)8-11/h1-9H,10,19H2. The van der Waals surface area contributed by atoms with E-state index in [0.717, 1.165) is 10.0 Å². The first kappa shape index (κ1) is 13.8. The van der Waals surface area contributed by atoms with Crippen LogP contribution in [0.25, 0.3) is 11.3 Å². The maximum absolute atomic E-state index is 13.3. The number of hydrogen-bond acceptors (Lipinski definition) is 2. The first-order chi connectivity index (χ1) is 10.1. The molecule has 0 aliphatic heterocycles. The molecule has 0 saturated carbocycles. The van der Waals surface area contributed by atoms with Crippen LogP contribution in [0.2, 0.25) is 0 Å². The third kappa shape index (κ3) is 2.97. The quantitative estimate of drug-likeness (QED) is 0.777. The lowest BCUT2D eigenvalue weighted by molar-refractivity contribution is 0.628. The van der Waals surface area contributed by atoms with E-state index in [9.17, 15) is 4.39 Å². The van der Waals surface area contributed by atoms with Crippen LogP contribution in [-0.4, -0.2) is 9.78 Å². The Morgan fingerprint density at radius 1 is 1.10 bits per heavy atom. The van der Waals surface area contributed by atoms with Crippen LogP contribution in [0.15, 0.2) is 59.1 Å². The van der Waals surface area contributed by atoms with E-state index in [-0.39, 0.29) is 5.82 Å². The Morgan fingerprint density at radius 3 is 2.67 bits per heavy atom. The lowest BCUT2D eigenvalue weighted by Crippen LogP contribution is -2.06. The van der Waals surface area contributed by atoms with Crippen LogP contribution >= 0.6 is 15.9 Å². The first-order valence-electron chi connectivity index (χ1n) is 6.46. The second kappa shape index (κ2) is 5.69. The van der Waals surface area contributed by atoms with Crippen molar-refractivity contribution in [2.75, 3.05) is 5.73 Å². The molecule has 1 heterocycles. The van der Waals surface area contributed by atoms with Crippen molar-refractivity contribution in [3.63, 3.8) is 0 Å². The maximum Gasteiger partial charge on any atom is 0.123 e. The van der Waals surface area contributed by atoms with E-state index in [4.69, 9.17) is 5.73 Å². The van der Waals surface area contributed by atoms with Gasteiger partial charge in [-0.25, -0.2) is 9.07 Å². The van der Waals surface area contributed by atoms with Crippen LogP contribution in [-0.2, 0) is 6.54 Å². The fourth-order valence-electron chi connectivity index (χ4n) is 2.13. The summed E-state index contributed by atoms with van der Waals surface area (Å²) in [6.45, 7) is 0.558. The van der Waals surface area contributed by atoms with Gasteiger partial charge in [-0.15, -0.1) is 0 Å². The summed E-state index contributed by atoms with van der Waals surface area (Å²) in [5, 5.41) is 4.46. The fraction of sp³-hybridized carbons (Fsp3) is 0.0625. The van der Waals surface area contributed by atoms with Crippen LogP contribution in [0.3, 0.4) is 0 Å². The molecule has 3 rings (SSSR count). The van der Waals surface area contributed by atoms with Crippen molar-refractivity contribution in [2.24, 2.45) is 0 Å². The molecule has 0 saturated heterocycles. The highest BCUT2D eigenvalue weighted by Gasteiger charge is 2.09. The highest BCUT2D eigenvalue weighted by atomic mass is 79.9. The van der Waals surface area contributed by atoms with E-state index in [2.05, 4.69) is 21.0 Å². The van der Waals surface area contributed by atoms with E-state index >= 15 is 0 Å². The molecule has 2 aromatic carbocycles. The second-order valence-corrected chi connectivity index (χ2v) is 5.57. The van der Waals surface area contributed by atoms with Gasteiger partial charge in [0.05, 0.1) is 12.2 Å². The van der Waals surface area contributed by atoms with Gasteiger partial charge in [-0.2, -0.15) is 5.10 Å². The number of nitrogens with two attached hydrogens (primary N) is 1. The molecule has 106 valence electrons. The molecule has 0 amide bonds. The molecule has 21 heavy (non-hydrogen) atoms. The molecule has 0 fully saturated rings. The normalized spacial score (nSPS) is 10.8. The number of anilines is 1. The van der Waals surface area contributed by atoms with Gasteiger partial charge in [0.1, 0.15) is 11.6 Å². The van der Waals surface area contributed by atoms with Crippen LogP contribution < -0.4 is 5.73 Å². The van der Waals surface area contributed by atoms with Crippen molar-refractivity contribution in [1.82, 2.24) is 9.78 Å². The van der Waals surface area contributed by atoms with E-state index in [1.54, 1.807) is 16.8 Å². The minimum absolute atomic E-state index is 0.286.